The highest BCUT2D eigenvalue weighted by atomic mass is 16.5. The maximum Gasteiger partial charge on any atom is 0.213 e. The Kier molecular flexibility index (Phi) is 2.65. The van der Waals surface area contributed by atoms with Crippen molar-refractivity contribution in [2.24, 2.45) is 0 Å². The molecule has 1 aliphatic carbocycles. The third-order valence-corrected chi connectivity index (χ3v) is 2.91. The molecule has 0 spiro atoms. The lowest BCUT2D eigenvalue weighted by Gasteiger charge is -2.08. The van der Waals surface area contributed by atoms with E-state index in [1.807, 2.05) is 19.1 Å². The molecule has 0 aliphatic heterocycles. The van der Waals surface area contributed by atoms with E-state index in [1.165, 1.54) is 5.56 Å². The van der Waals surface area contributed by atoms with Crippen molar-refractivity contribution < 1.29 is 9.84 Å². The van der Waals surface area contributed by atoms with E-state index < -0.39 is 0 Å². The second kappa shape index (κ2) is 3.81. The zero-order valence-electron chi connectivity index (χ0n) is 9.29. The molecule has 1 saturated carbocycles. The Balaban J connectivity index is 2.03. The van der Waals surface area contributed by atoms with Crippen LogP contribution in [0.4, 0.5) is 0 Å². The highest BCUT2D eigenvalue weighted by Crippen LogP contribution is 2.39. The molecule has 0 bridgehead atoms. The molecule has 0 unspecified atom stereocenters. The van der Waals surface area contributed by atoms with E-state index in [4.69, 9.17) is 4.74 Å². The Morgan fingerprint density at radius 1 is 1.47 bits per heavy atom. The van der Waals surface area contributed by atoms with Crippen LogP contribution < -0.4 is 4.74 Å². The van der Waals surface area contributed by atoms with Gasteiger partial charge in [0.15, 0.2) is 0 Å². The summed E-state index contributed by atoms with van der Waals surface area (Å²) in [5, 5.41) is 9.74. The van der Waals surface area contributed by atoms with Gasteiger partial charge in [0, 0.05) is 11.8 Å². The van der Waals surface area contributed by atoms with Gasteiger partial charge in [0.25, 0.3) is 0 Å². The van der Waals surface area contributed by atoms with E-state index >= 15 is 0 Å². The molecule has 1 fully saturated rings. The average molecular weight is 207 g/mol. The van der Waals surface area contributed by atoms with Gasteiger partial charge in [0.1, 0.15) is 0 Å². The van der Waals surface area contributed by atoms with Crippen molar-refractivity contribution in [1.29, 1.82) is 0 Å². The molecule has 0 saturated heterocycles. The first-order chi connectivity index (χ1) is 7.11. The smallest absolute Gasteiger partial charge is 0.213 e. The fourth-order valence-electron chi connectivity index (χ4n) is 1.73. The van der Waals surface area contributed by atoms with Crippen molar-refractivity contribution in [3.8, 4) is 5.88 Å². The van der Waals surface area contributed by atoms with Crippen molar-refractivity contribution in [2.75, 3.05) is 7.11 Å². The summed E-state index contributed by atoms with van der Waals surface area (Å²) in [5.41, 5.74) is 1.79. The molecule has 3 nitrogen and oxygen atoms in total. The summed E-state index contributed by atoms with van der Waals surface area (Å²) in [6.07, 6.45) is 3.65. The molecule has 0 aromatic carbocycles. The number of hydrogen-bond donors (Lipinski definition) is 1. The topological polar surface area (TPSA) is 42.4 Å². The third kappa shape index (κ3) is 2.69. The second-order valence-corrected chi connectivity index (χ2v) is 4.38. The first kappa shape index (κ1) is 10.4. The molecule has 0 atom stereocenters. The van der Waals surface area contributed by atoms with Gasteiger partial charge < -0.3 is 9.84 Å². The van der Waals surface area contributed by atoms with Gasteiger partial charge in [-0.15, -0.1) is 0 Å². The Morgan fingerprint density at radius 2 is 2.20 bits per heavy atom. The van der Waals surface area contributed by atoms with Crippen LogP contribution in [0.3, 0.4) is 0 Å². The summed E-state index contributed by atoms with van der Waals surface area (Å²) in [6.45, 7) is 1.96. The maximum atomic E-state index is 9.74. The number of aliphatic hydroxyl groups is 1. The summed E-state index contributed by atoms with van der Waals surface area (Å²) in [4.78, 5) is 4.23. The number of aromatic nitrogens is 1. The zero-order valence-corrected chi connectivity index (χ0v) is 9.29. The van der Waals surface area contributed by atoms with Gasteiger partial charge in [0.2, 0.25) is 5.88 Å². The lowest BCUT2D eigenvalue weighted by atomic mass is 10.1. The predicted molar refractivity (Wildman–Crippen MR) is 58.0 cm³/mol. The van der Waals surface area contributed by atoms with E-state index in [0.717, 1.165) is 31.4 Å². The van der Waals surface area contributed by atoms with Gasteiger partial charge in [-0.25, -0.2) is 4.98 Å². The molecule has 0 amide bonds. The van der Waals surface area contributed by atoms with Crippen LogP contribution in [-0.2, 0) is 6.42 Å². The van der Waals surface area contributed by atoms with Crippen LogP contribution in [-0.4, -0.2) is 22.8 Å². The van der Waals surface area contributed by atoms with Crippen LogP contribution in [0.1, 0.15) is 30.5 Å². The van der Waals surface area contributed by atoms with Crippen molar-refractivity contribution in [2.45, 2.75) is 38.2 Å². The van der Waals surface area contributed by atoms with Crippen molar-refractivity contribution >= 4 is 0 Å². The molecule has 2 rings (SSSR count). The van der Waals surface area contributed by atoms with Crippen LogP contribution in [0, 0.1) is 6.92 Å². The fourth-order valence-corrected chi connectivity index (χ4v) is 1.73. The Hall–Kier alpha value is -1.09. The number of pyridine rings is 1. The number of hydrogen-bond acceptors (Lipinski definition) is 3. The minimum Gasteiger partial charge on any atom is -0.481 e. The highest BCUT2D eigenvalue weighted by molar-refractivity contribution is 5.25. The lowest BCUT2D eigenvalue weighted by Crippen LogP contribution is -2.08. The fraction of sp³-hybridized carbons (Fsp3) is 0.583. The molecule has 82 valence electrons. The average Bonchev–Trinajstić information content (AvgIpc) is 2.94. The third-order valence-electron chi connectivity index (χ3n) is 2.91. The van der Waals surface area contributed by atoms with E-state index in [9.17, 15) is 5.11 Å². The largest absolute Gasteiger partial charge is 0.481 e. The van der Waals surface area contributed by atoms with Crippen LogP contribution in [0.5, 0.6) is 5.88 Å². The summed E-state index contributed by atoms with van der Waals surface area (Å²) in [7, 11) is 1.62. The standard InChI is InChI=1S/C12H17NO2/c1-9-7-10(8-11(13-9)15-2)3-4-12(14)5-6-12/h7-8,14H,3-6H2,1-2H3. The zero-order chi connectivity index (χ0) is 10.9. The summed E-state index contributed by atoms with van der Waals surface area (Å²) < 4.78 is 5.11. The first-order valence-electron chi connectivity index (χ1n) is 5.35. The second-order valence-electron chi connectivity index (χ2n) is 4.38. The highest BCUT2D eigenvalue weighted by Gasteiger charge is 2.39. The van der Waals surface area contributed by atoms with E-state index in [0.29, 0.717) is 5.88 Å². The molecule has 1 aromatic heterocycles. The number of ether oxygens (including phenoxy) is 1. The molecule has 3 heteroatoms. The minimum atomic E-state index is -0.371. The number of nitrogens with zero attached hydrogens (tertiary/aromatic N) is 1. The minimum absolute atomic E-state index is 0.371. The van der Waals surface area contributed by atoms with Crippen LogP contribution in [0.25, 0.3) is 0 Å². The molecule has 1 N–H and O–H groups in total. The van der Waals surface area contributed by atoms with Gasteiger partial charge in [0.05, 0.1) is 12.7 Å². The Morgan fingerprint density at radius 3 is 2.80 bits per heavy atom. The van der Waals surface area contributed by atoms with Gasteiger partial charge in [-0.1, -0.05) is 0 Å². The molecule has 15 heavy (non-hydrogen) atoms. The van der Waals surface area contributed by atoms with Crippen molar-refractivity contribution in [1.82, 2.24) is 4.98 Å². The summed E-state index contributed by atoms with van der Waals surface area (Å²) in [5.74, 6) is 0.660. The summed E-state index contributed by atoms with van der Waals surface area (Å²) in [6, 6.07) is 3.99. The molecule has 1 aliphatic rings. The van der Waals surface area contributed by atoms with Crippen LogP contribution in [0.15, 0.2) is 12.1 Å². The molecular weight excluding hydrogens is 190 g/mol. The SMILES string of the molecule is COc1cc(CCC2(O)CC2)cc(C)n1. The maximum absolute atomic E-state index is 9.74. The van der Waals surface area contributed by atoms with Crippen molar-refractivity contribution in [3.63, 3.8) is 0 Å². The first-order valence-corrected chi connectivity index (χ1v) is 5.35. The Labute approximate surface area is 90.1 Å². The van der Waals surface area contributed by atoms with Crippen LogP contribution in [0.2, 0.25) is 0 Å². The van der Waals surface area contributed by atoms with Gasteiger partial charge in [-0.05, 0) is 44.2 Å². The summed E-state index contributed by atoms with van der Waals surface area (Å²) >= 11 is 0. The van der Waals surface area contributed by atoms with E-state index in [1.54, 1.807) is 7.11 Å². The predicted octanol–water partition coefficient (Wildman–Crippen LogP) is 1.86. The van der Waals surface area contributed by atoms with Gasteiger partial charge in [-0.3, -0.25) is 0 Å². The molecular formula is C12H17NO2. The number of rotatable bonds is 4. The van der Waals surface area contributed by atoms with Gasteiger partial charge >= 0.3 is 0 Å². The number of aryl methyl sites for hydroxylation is 2. The molecule has 1 heterocycles. The van der Waals surface area contributed by atoms with E-state index in [2.05, 4.69) is 4.98 Å². The number of methoxy groups -OCH3 is 1. The molecule has 0 radical (unpaired) electrons. The van der Waals surface area contributed by atoms with Crippen LogP contribution >= 0.6 is 0 Å². The van der Waals surface area contributed by atoms with E-state index in [-0.39, 0.29) is 5.60 Å². The lowest BCUT2D eigenvalue weighted by molar-refractivity contribution is 0.140. The van der Waals surface area contributed by atoms with Crippen molar-refractivity contribution in [3.05, 3.63) is 23.4 Å². The quantitative estimate of drug-likeness (QED) is 0.819. The normalized spacial score (nSPS) is 17.5. The van der Waals surface area contributed by atoms with Gasteiger partial charge in [-0.2, -0.15) is 0 Å². The Bertz CT molecular complexity index is 359. The monoisotopic (exact) mass is 207 g/mol. The molecule has 1 aromatic rings.